The molecule has 1 saturated heterocycles. The fraction of sp³-hybridized carbons (Fsp3) is 0.357. The zero-order valence-electron chi connectivity index (χ0n) is 17.9. The Hall–Kier alpha value is -2.78. The van der Waals surface area contributed by atoms with Crippen LogP contribution in [0.2, 0.25) is 0 Å². The third-order valence-electron chi connectivity index (χ3n) is 8.04. The summed E-state index contributed by atoms with van der Waals surface area (Å²) in [5.74, 6) is 1.09. The van der Waals surface area contributed by atoms with Gasteiger partial charge in [0, 0.05) is 22.7 Å². The molecule has 0 unspecified atom stereocenters. The van der Waals surface area contributed by atoms with Crippen molar-refractivity contribution < 1.29 is 5.11 Å². The third-order valence-corrected chi connectivity index (χ3v) is 8.04. The van der Waals surface area contributed by atoms with Gasteiger partial charge in [-0.1, -0.05) is 61.4 Å². The molecule has 1 saturated carbocycles. The number of nitrogens with one attached hydrogen (secondary N) is 2. The van der Waals surface area contributed by atoms with Crippen LogP contribution in [0.25, 0.3) is 11.1 Å². The minimum atomic E-state index is 0.264. The number of hydrogen-bond acceptors (Lipinski definition) is 3. The second-order valence-electron chi connectivity index (χ2n) is 9.59. The van der Waals surface area contributed by atoms with Crippen LogP contribution in [0, 0.1) is 5.92 Å². The van der Waals surface area contributed by atoms with Crippen molar-refractivity contribution >= 4 is 11.4 Å². The Labute approximate surface area is 184 Å². The molecule has 3 N–H and O–H groups in total. The Bertz CT molecular complexity index is 1110. The van der Waals surface area contributed by atoms with E-state index in [2.05, 4.69) is 65.2 Å². The van der Waals surface area contributed by atoms with E-state index in [0.29, 0.717) is 11.8 Å². The maximum Gasteiger partial charge on any atom is 0.139 e. The highest BCUT2D eigenvalue weighted by molar-refractivity contribution is 5.82. The molecule has 3 aromatic rings. The normalized spacial score (nSPS) is 26.6. The highest BCUT2D eigenvalue weighted by Crippen LogP contribution is 2.55. The molecule has 3 nitrogen and oxygen atoms in total. The fourth-order valence-corrected chi connectivity index (χ4v) is 6.68. The number of phenols is 1. The van der Waals surface area contributed by atoms with E-state index in [1.165, 1.54) is 48.8 Å². The highest BCUT2D eigenvalue weighted by atomic mass is 16.3. The largest absolute Gasteiger partial charge is 0.506 e. The smallest absolute Gasteiger partial charge is 0.139 e. The van der Waals surface area contributed by atoms with Gasteiger partial charge in [-0.25, -0.2) is 0 Å². The van der Waals surface area contributed by atoms with Crippen LogP contribution < -0.4 is 10.6 Å². The van der Waals surface area contributed by atoms with Crippen molar-refractivity contribution in [2.24, 2.45) is 5.92 Å². The lowest BCUT2D eigenvalue weighted by molar-refractivity contribution is 0.0796. The van der Waals surface area contributed by atoms with Crippen molar-refractivity contribution in [1.82, 2.24) is 5.32 Å². The molecule has 3 atom stereocenters. The first kappa shape index (κ1) is 18.9. The lowest BCUT2D eigenvalue weighted by Gasteiger charge is -2.56. The van der Waals surface area contributed by atoms with E-state index in [1.54, 1.807) is 0 Å². The molecule has 158 valence electrons. The van der Waals surface area contributed by atoms with Crippen LogP contribution in [0.5, 0.6) is 5.75 Å². The van der Waals surface area contributed by atoms with Gasteiger partial charge in [-0.3, -0.25) is 0 Å². The molecule has 1 heterocycles. The van der Waals surface area contributed by atoms with E-state index in [0.717, 1.165) is 35.8 Å². The highest BCUT2D eigenvalue weighted by Gasteiger charge is 2.51. The lowest BCUT2D eigenvalue weighted by atomic mass is 9.53. The van der Waals surface area contributed by atoms with Crippen LogP contribution in [0.4, 0.5) is 11.4 Å². The molecular weight excluding hydrogens is 380 g/mol. The first-order chi connectivity index (χ1) is 15.2. The summed E-state index contributed by atoms with van der Waals surface area (Å²) in [6.45, 7) is 1.10. The Morgan fingerprint density at radius 3 is 2.65 bits per heavy atom. The van der Waals surface area contributed by atoms with E-state index in [1.807, 2.05) is 12.1 Å². The summed E-state index contributed by atoms with van der Waals surface area (Å²) >= 11 is 0. The number of fused-ring (bicyclic) bond motifs is 1. The number of rotatable bonds is 3. The van der Waals surface area contributed by atoms with Crippen LogP contribution in [0.15, 0.2) is 66.7 Å². The number of piperidine rings is 1. The van der Waals surface area contributed by atoms with E-state index in [9.17, 15) is 5.11 Å². The van der Waals surface area contributed by atoms with Crippen LogP contribution in [0.3, 0.4) is 0 Å². The average molecular weight is 411 g/mol. The molecule has 0 amide bonds. The van der Waals surface area contributed by atoms with Crippen LogP contribution in [-0.2, 0) is 11.8 Å². The Morgan fingerprint density at radius 2 is 1.74 bits per heavy atom. The molecule has 0 radical (unpaired) electrons. The summed E-state index contributed by atoms with van der Waals surface area (Å²) in [4.78, 5) is 0. The molecule has 31 heavy (non-hydrogen) atoms. The van der Waals surface area contributed by atoms with Gasteiger partial charge in [0.2, 0.25) is 0 Å². The predicted molar refractivity (Wildman–Crippen MR) is 127 cm³/mol. The number of para-hydroxylation sites is 1. The molecule has 0 spiro atoms. The zero-order valence-corrected chi connectivity index (χ0v) is 17.9. The third kappa shape index (κ3) is 3.06. The van der Waals surface area contributed by atoms with E-state index in [4.69, 9.17) is 0 Å². The van der Waals surface area contributed by atoms with E-state index < -0.39 is 0 Å². The van der Waals surface area contributed by atoms with Gasteiger partial charge in [-0.15, -0.1) is 0 Å². The van der Waals surface area contributed by atoms with Crippen LogP contribution in [0.1, 0.15) is 43.2 Å². The molecule has 3 aromatic carbocycles. The number of aromatic hydroxyl groups is 1. The standard InChI is InChI=1S/C28H30N2O/c31-27-18-23-20(16-25-22-11-6-7-13-28(22,23)14-15-29-25)17-26(27)30-24-12-5-4-10-21(24)19-8-2-1-3-9-19/h1-5,8-10,12,17-18,22,25,29-31H,6-7,11,13-16H2/t22-,25+,28+/m1/s1. The van der Waals surface area contributed by atoms with Gasteiger partial charge in [0.05, 0.1) is 5.69 Å². The fourth-order valence-electron chi connectivity index (χ4n) is 6.68. The molecule has 6 rings (SSSR count). The number of hydrogen-bond donors (Lipinski definition) is 3. The van der Waals surface area contributed by atoms with E-state index in [-0.39, 0.29) is 5.41 Å². The van der Waals surface area contributed by atoms with Crippen LogP contribution >= 0.6 is 0 Å². The van der Waals surface area contributed by atoms with E-state index >= 15 is 0 Å². The first-order valence-corrected chi connectivity index (χ1v) is 11.8. The number of phenolic OH excluding ortho intramolecular Hbond substituents is 1. The van der Waals surface area contributed by atoms with Crippen molar-refractivity contribution in [1.29, 1.82) is 0 Å². The summed E-state index contributed by atoms with van der Waals surface area (Å²) in [7, 11) is 0. The van der Waals surface area contributed by atoms with Gasteiger partial charge >= 0.3 is 0 Å². The SMILES string of the molecule is Oc1cc2c(cc1Nc1ccccc1-c1ccccc1)C[C@@H]1NCC[C@]23CCCC[C@H]13. The predicted octanol–water partition coefficient (Wildman–Crippen LogP) is 6.15. The van der Waals surface area contributed by atoms with Crippen molar-refractivity contribution in [2.75, 3.05) is 11.9 Å². The van der Waals surface area contributed by atoms with Crippen molar-refractivity contribution in [2.45, 2.75) is 50.0 Å². The number of benzene rings is 3. The van der Waals surface area contributed by atoms with Crippen molar-refractivity contribution in [3.63, 3.8) is 0 Å². The Morgan fingerprint density at radius 1 is 0.903 bits per heavy atom. The minimum absolute atomic E-state index is 0.264. The summed E-state index contributed by atoms with van der Waals surface area (Å²) in [6.07, 6.45) is 7.52. The summed E-state index contributed by atoms with van der Waals surface area (Å²) in [6, 6.07) is 23.7. The maximum atomic E-state index is 11.1. The zero-order chi connectivity index (χ0) is 20.8. The van der Waals surface area contributed by atoms with Gasteiger partial charge in [0.1, 0.15) is 5.75 Å². The summed E-state index contributed by atoms with van der Waals surface area (Å²) in [5.41, 5.74) is 7.25. The molecule has 3 heteroatoms. The van der Waals surface area contributed by atoms with Gasteiger partial charge in [-0.05, 0) is 73.0 Å². The number of anilines is 2. The molecular formula is C28H30N2O. The molecule has 2 bridgehead atoms. The molecule has 0 aromatic heterocycles. The molecule has 3 aliphatic rings. The second-order valence-corrected chi connectivity index (χ2v) is 9.59. The average Bonchev–Trinajstić information content (AvgIpc) is 2.81. The Kier molecular flexibility index (Phi) is 4.53. The first-order valence-electron chi connectivity index (χ1n) is 11.8. The molecule has 2 aliphatic carbocycles. The topological polar surface area (TPSA) is 44.3 Å². The summed E-state index contributed by atoms with van der Waals surface area (Å²) < 4.78 is 0. The summed E-state index contributed by atoms with van der Waals surface area (Å²) in [5, 5.41) is 18.5. The minimum Gasteiger partial charge on any atom is -0.506 e. The lowest BCUT2D eigenvalue weighted by Crippen LogP contribution is -2.59. The molecule has 1 aliphatic heterocycles. The van der Waals surface area contributed by atoms with Crippen LogP contribution in [-0.4, -0.2) is 17.7 Å². The van der Waals surface area contributed by atoms with Crippen molar-refractivity contribution in [3.05, 3.63) is 77.9 Å². The molecule has 2 fully saturated rings. The van der Waals surface area contributed by atoms with Gasteiger partial charge in [0.15, 0.2) is 0 Å². The van der Waals surface area contributed by atoms with Gasteiger partial charge in [0.25, 0.3) is 0 Å². The van der Waals surface area contributed by atoms with Crippen molar-refractivity contribution in [3.8, 4) is 16.9 Å². The monoisotopic (exact) mass is 410 g/mol. The Balaban J connectivity index is 1.40. The quantitative estimate of drug-likeness (QED) is 0.454. The second kappa shape index (κ2) is 7.42. The van der Waals surface area contributed by atoms with Gasteiger partial charge < -0.3 is 15.7 Å². The maximum absolute atomic E-state index is 11.1. The van der Waals surface area contributed by atoms with Gasteiger partial charge in [-0.2, -0.15) is 0 Å².